The van der Waals surface area contributed by atoms with Gasteiger partial charge in [-0.25, -0.2) is 0 Å². The van der Waals surface area contributed by atoms with Crippen LogP contribution in [0.5, 0.6) is 0 Å². The van der Waals surface area contributed by atoms with Crippen LogP contribution in [0.4, 0.5) is 0 Å². The quantitative estimate of drug-likeness (QED) is 0.755. The first-order valence-corrected chi connectivity index (χ1v) is 7.23. The molecule has 4 N–H and O–H groups in total. The highest BCUT2D eigenvalue weighted by Crippen LogP contribution is 2.35. The number of nitrogens with zero attached hydrogens (tertiary/aromatic N) is 1. The third-order valence-corrected chi connectivity index (χ3v) is 4.91. The summed E-state index contributed by atoms with van der Waals surface area (Å²) in [6.45, 7) is 5.43. The number of carbonyl (C=O) groups is 2. The molecule has 2 rings (SSSR count). The maximum Gasteiger partial charge on any atom is 0.226 e. The normalized spacial score (nSPS) is 39.3. The molecule has 1 saturated carbocycles. The Kier molecular flexibility index (Phi) is 4.13. The maximum atomic E-state index is 12.5. The summed E-state index contributed by atoms with van der Waals surface area (Å²) in [5.74, 6) is 0.565. The molecule has 5 heteroatoms. The van der Waals surface area contributed by atoms with Crippen LogP contribution in [0.2, 0.25) is 0 Å². The lowest BCUT2D eigenvalue weighted by Crippen LogP contribution is -2.46. The molecule has 19 heavy (non-hydrogen) atoms. The molecule has 1 aliphatic heterocycles. The molecule has 0 bridgehead atoms. The molecule has 1 saturated heterocycles. The number of hydrogen-bond donors (Lipinski definition) is 2. The van der Waals surface area contributed by atoms with Crippen molar-refractivity contribution in [3.05, 3.63) is 0 Å². The Morgan fingerprint density at radius 1 is 1.16 bits per heavy atom. The van der Waals surface area contributed by atoms with Crippen LogP contribution in [0.3, 0.4) is 0 Å². The zero-order valence-electron chi connectivity index (χ0n) is 11.8. The van der Waals surface area contributed by atoms with Crippen molar-refractivity contribution in [2.45, 2.75) is 39.2 Å². The first-order valence-electron chi connectivity index (χ1n) is 7.23. The summed E-state index contributed by atoms with van der Waals surface area (Å²) < 4.78 is 0. The lowest BCUT2D eigenvalue weighted by atomic mass is 9.72. The fraction of sp³-hybridized carbons (Fsp3) is 0.857. The Morgan fingerprint density at radius 3 is 2.42 bits per heavy atom. The molecule has 2 amide bonds. The number of rotatable bonds is 2. The average Bonchev–Trinajstić information content (AvgIpc) is 2.82. The topological polar surface area (TPSA) is 89.4 Å². The van der Waals surface area contributed by atoms with Crippen LogP contribution in [0.15, 0.2) is 0 Å². The Balaban J connectivity index is 1.98. The van der Waals surface area contributed by atoms with Crippen LogP contribution in [-0.2, 0) is 9.59 Å². The lowest BCUT2D eigenvalue weighted by Gasteiger charge is -2.37. The van der Waals surface area contributed by atoms with E-state index in [0.717, 1.165) is 12.8 Å². The molecule has 5 unspecified atom stereocenters. The summed E-state index contributed by atoms with van der Waals surface area (Å²) in [6, 6.07) is 0.111. The summed E-state index contributed by atoms with van der Waals surface area (Å²) in [4.78, 5) is 25.5. The fourth-order valence-corrected chi connectivity index (χ4v) is 3.45. The van der Waals surface area contributed by atoms with Crippen LogP contribution in [0.25, 0.3) is 0 Å². The van der Waals surface area contributed by atoms with Crippen LogP contribution in [0.1, 0.15) is 33.1 Å². The van der Waals surface area contributed by atoms with Crippen molar-refractivity contribution in [3.8, 4) is 0 Å². The molecule has 0 radical (unpaired) electrons. The minimum absolute atomic E-state index is 0.0119. The zero-order valence-corrected chi connectivity index (χ0v) is 11.8. The molecule has 0 aromatic rings. The molecule has 5 atom stereocenters. The van der Waals surface area contributed by atoms with Gasteiger partial charge in [0, 0.05) is 25.0 Å². The molecule has 5 nitrogen and oxygen atoms in total. The van der Waals surface area contributed by atoms with Crippen LogP contribution < -0.4 is 11.5 Å². The van der Waals surface area contributed by atoms with Gasteiger partial charge in [-0.2, -0.15) is 0 Å². The molecular formula is C14H25N3O2. The van der Waals surface area contributed by atoms with Crippen molar-refractivity contribution < 1.29 is 9.59 Å². The van der Waals surface area contributed by atoms with Crippen molar-refractivity contribution in [1.82, 2.24) is 4.90 Å². The van der Waals surface area contributed by atoms with Gasteiger partial charge in [0.15, 0.2) is 0 Å². The Hall–Kier alpha value is -1.10. The SMILES string of the molecule is CC1CC(C)C(C(=O)N2CCC(C(N)=O)C2)CC1N. The summed E-state index contributed by atoms with van der Waals surface area (Å²) in [6.07, 6.45) is 2.47. The lowest BCUT2D eigenvalue weighted by molar-refractivity contribution is -0.138. The van der Waals surface area contributed by atoms with Crippen molar-refractivity contribution in [1.29, 1.82) is 0 Å². The predicted molar refractivity (Wildman–Crippen MR) is 72.9 cm³/mol. The van der Waals surface area contributed by atoms with Gasteiger partial charge in [0.25, 0.3) is 0 Å². The molecule has 2 aliphatic rings. The zero-order chi connectivity index (χ0) is 14.2. The Labute approximate surface area is 114 Å². The molecule has 0 aromatic heterocycles. The van der Waals surface area contributed by atoms with E-state index in [1.807, 2.05) is 0 Å². The van der Waals surface area contributed by atoms with Crippen LogP contribution >= 0.6 is 0 Å². The van der Waals surface area contributed by atoms with Gasteiger partial charge in [0.05, 0.1) is 5.92 Å². The largest absolute Gasteiger partial charge is 0.369 e. The van der Waals surface area contributed by atoms with E-state index in [9.17, 15) is 9.59 Å². The molecule has 2 fully saturated rings. The number of carbonyl (C=O) groups excluding carboxylic acids is 2. The molecular weight excluding hydrogens is 242 g/mol. The van der Waals surface area contributed by atoms with Gasteiger partial charge in [-0.05, 0) is 31.1 Å². The number of amides is 2. The Morgan fingerprint density at radius 2 is 1.84 bits per heavy atom. The number of hydrogen-bond acceptors (Lipinski definition) is 3. The van der Waals surface area contributed by atoms with Crippen molar-refractivity contribution in [2.24, 2.45) is 35.1 Å². The van der Waals surface area contributed by atoms with Crippen molar-refractivity contribution in [3.63, 3.8) is 0 Å². The van der Waals surface area contributed by atoms with Crippen molar-refractivity contribution in [2.75, 3.05) is 13.1 Å². The average molecular weight is 267 g/mol. The summed E-state index contributed by atoms with van der Waals surface area (Å²) in [5, 5.41) is 0. The molecule has 1 aliphatic carbocycles. The molecule has 0 spiro atoms. The van der Waals surface area contributed by atoms with E-state index >= 15 is 0 Å². The Bertz CT molecular complexity index is 372. The smallest absolute Gasteiger partial charge is 0.226 e. The maximum absolute atomic E-state index is 12.5. The van der Waals surface area contributed by atoms with E-state index in [2.05, 4.69) is 13.8 Å². The third-order valence-electron chi connectivity index (χ3n) is 4.91. The molecule has 0 aromatic carbocycles. The van der Waals surface area contributed by atoms with E-state index in [1.54, 1.807) is 4.90 Å². The second-order valence-electron chi connectivity index (χ2n) is 6.37. The van der Waals surface area contributed by atoms with Crippen molar-refractivity contribution >= 4 is 11.8 Å². The van der Waals surface area contributed by atoms with Gasteiger partial charge >= 0.3 is 0 Å². The van der Waals surface area contributed by atoms with E-state index in [4.69, 9.17) is 11.5 Å². The van der Waals surface area contributed by atoms with E-state index < -0.39 is 0 Å². The second-order valence-corrected chi connectivity index (χ2v) is 6.37. The molecule has 1 heterocycles. The first kappa shape index (κ1) is 14.3. The fourth-order valence-electron chi connectivity index (χ4n) is 3.45. The van der Waals surface area contributed by atoms with E-state index in [1.165, 1.54) is 0 Å². The minimum Gasteiger partial charge on any atom is -0.369 e. The van der Waals surface area contributed by atoms with Gasteiger partial charge in [-0.1, -0.05) is 13.8 Å². The summed E-state index contributed by atoms with van der Waals surface area (Å²) >= 11 is 0. The predicted octanol–water partition coefficient (Wildman–Crippen LogP) is 0.330. The van der Waals surface area contributed by atoms with Gasteiger partial charge < -0.3 is 16.4 Å². The highest BCUT2D eigenvalue weighted by Gasteiger charge is 2.39. The molecule has 108 valence electrons. The number of likely N-dealkylation sites (tertiary alicyclic amines) is 1. The van der Waals surface area contributed by atoms with Gasteiger partial charge in [-0.15, -0.1) is 0 Å². The van der Waals surface area contributed by atoms with Crippen LogP contribution in [0, 0.1) is 23.7 Å². The van der Waals surface area contributed by atoms with Gasteiger partial charge in [-0.3, -0.25) is 9.59 Å². The van der Waals surface area contributed by atoms with E-state index in [0.29, 0.717) is 31.3 Å². The highest BCUT2D eigenvalue weighted by molar-refractivity contribution is 5.82. The van der Waals surface area contributed by atoms with Gasteiger partial charge in [0.1, 0.15) is 0 Å². The summed E-state index contributed by atoms with van der Waals surface area (Å²) in [7, 11) is 0. The van der Waals surface area contributed by atoms with Gasteiger partial charge in [0.2, 0.25) is 11.8 Å². The highest BCUT2D eigenvalue weighted by atomic mass is 16.2. The minimum atomic E-state index is -0.294. The standard InChI is InChI=1S/C14H25N3O2/c1-8-5-9(2)12(15)6-11(8)14(19)17-4-3-10(7-17)13(16)18/h8-12H,3-7,15H2,1-2H3,(H2,16,18). The monoisotopic (exact) mass is 267 g/mol. The van der Waals surface area contributed by atoms with E-state index in [-0.39, 0.29) is 29.7 Å². The number of nitrogens with two attached hydrogens (primary N) is 2. The number of primary amides is 1. The van der Waals surface area contributed by atoms with Crippen LogP contribution in [-0.4, -0.2) is 35.8 Å². The first-order chi connectivity index (χ1) is 8.90. The second kappa shape index (κ2) is 5.49. The summed E-state index contributed by atoms with van der Waals surface area (Å²) in [5.41, 5.74) is 11.4. The third kappa shape index (κ3) is 2.91.